The van der Waals surface area contributed by atoms with E-state index in [1.165, 1.54) is 16.7 Å². The molecule has 0 spiro atoms. The van der Waals surface area contributed by atoms with Gasteiger partial charge in [-0.25, -0.2) is 0 Å². The maximum atomic E-state index is 12.2. The summed E-state index contributed by atoms with van der Waals surface area (Å²) in [4.78, 5) is 12.2. The number of ether oxygens (including phenoxy) is 1. The minimum atomic E-state index is -0.0988. The summed E-state index contributed by atoms with van der Waals surface area (Å²) in [6.07, 6.45) is 1.60. The molecule has 0 radical (unpaired) electrons. The molecule has 3 aromatic carbocycles. The van der Waals surface area contributed by atoms with Crippen LogP contribution in [0.2, 0.25) is 0 Å². The normalized spacial score (nSPS) is 10.7. The van der Waals surface area contributed by atoms with Crippen molar-refractivity contribution in [3.8, 4) is 5.75 Å². The van der Waals surface area contributed by atoms with Gasteiger partial charge in [-0.3, -0.25) is 4.79 Å². The van der Waals surface area contributed by atoms with Gasteiger partial charge in [0.25, 0.3) is 5.91 Å². The van der Waals surface area contributed by atoms with E-state index in [1.807, 2.05) is 42.5 Å². The van der Waals surface area contributed by atoms with E-state index in [0.717, 1.165) is 24.2 Å². The maximum Gasteiger partial charge on any atom is 0.257 e. The molecule has 0 fully saturated rings. The minimum absolute atomic E-state index is 0.0259. The van der Waals surface area contributed by atoms with Crippen LogP contribution < -0.4 is 10.1 Å². The van der Waals surface area contributed by atoms with Crippen LogP contribution in [-0.2, 0) is 17.6 Å². The van der Waals surface area contributed by atoms with Crippen LogP contribution in [-0.4, -0.2) is 19.1 Å². The highest BCUT2D eigenvalue weighted by atomic mass is 16.5. The third-order valence-electron chi connectivity index (χ3n) is 4.95. The molecular weight excluding hydrogens is 358 g/mol. The Bertz CT molecular complexity index is 902. The monoisotopic (exact) mass is 387 g/mol. The summed E-state index contributed by atoms with van der Waals surface area (Å²) in [5, 5.41) is 2.94. The van der Waals surface area contributed by atoms with E-state index in [4.69, 9.17) is 4.74 Å². The number of carbonyl (C=O) groups is 1. The quantitative estimate of drug-likeness (QED) is 0.552. The zero-order chi connectivity index (χ0) is 20.5. The lowest BCUT2D eigenvalue weighted by atomic mass is 10.0. The Hall–Kier alpha value is -3.07. The van der Waals surface area contributed by atoms with Crippen molar-refractivity contribution in [2.45, 2.75) is 32.6 Å². The first-order valence-corrected chi connectivity index (χ1v) is 10.2. The lowest BCUT2D eigenvalue weighted by Gasteiger charge is -2.12. The van der Waals surface area contributed by atoms with Crippen molar-refractivity contribution >= 4 is 5.91 Å². The zero-order valence-electron chi connectivity index (χ0n) is 17.2. The van der Waals surface area contributed by atoms with Gasteiger partial charge in [0.1, 0.15) is 5.75 Å². The van der Waals surface area contributed by atoms with Crippen molar-refractivity contribution in [3.63, 3.8) is 0 Å². The SMILES string of the molecule is CC(C)c1ccc(CCNC(=O)COc2ccccc2Cc2ccccc2)cc1. The molecule has 0 aliphatic carbocycles. The van der Waals surface area contributed by atoms with Crippen molar-refractivity contribution in [2.75, 3.05) is 13.2 Å². The molecule has 0 bridgehead atoms. The van der Waals surface area contributed by atoms with E-state index < -0.39 is 0 Å². The molecule has 29 heavy (non-hydrogen) atoms. The molecule has 150 valence electrons. The molecule has 3 nitrogen and oxygen atoms in total. The summed E-state index contributed by atoms with van der Waals surface area (Å²) < 4.78 is 5.80. The Morgan fingerprint density at radius 1 is 0.862 bits per heavy atom. The fourth-order valence-corrected chi connectivity index (χ4v) is 3.22. The van der Waals surface area contributed by atoms with Gasteiger partial charge in [-0.1, -0.05) is 86.6 Å². The van der Waals surface area contributed by atoms with Crippen LogP contribution in [0.25, 0.3) is 0 Å². The summed E-state index contributed by atoms with van der Waals surface area (Å²) in [6, 6.07) is 26.7. The molecule has 3 aromatic rings. The summed E-state index contributed by atoms with van der Waals surface area (Å²) in [5.74, 6) is 1.19. The molecule has 0 aliphatic heterocycles. The Kier molecular flexibility index (Phi) is 7.46. The summed E-state index contributed by atoms with van der Waals surface area (Å²) >= 11 is 0. The van der Waals surface area contributed by atoms with Crippen LogP contribution in [0.5, 0.6) is 5.75 Å². The topological polar surface area (TPSA) is 38.3 Å². The Labute approximate surface area is 173 Å². The van der Waals surface area contributed by atoms with Gasteiger partial charge in [-0.05, 0) is 40.7 Å². The Morgan fingerprint density at radius 2 is 1.55 bits per heavy atom. The number of amides is 1. The average molecular weight is 388 g/mol. The number of hydrogen-bond acceptors (Lipinski definition) is 2. The van der Waals surface area contributed by atoms with E-state index >= 15 is 0 Å². The first kappa shape index (κ1) is 20.7. The third kappa shape index (κ3) is 6.49. The Balaban J connectivity index is 1.46. The maximum absolute atomic E-state index is 12.2. The minimum Gasteiger partial charge on any atom is -0.483 e. The van der Waals surface area contributed by atoms with Gasteiger partial charge in [-0.2, -0.15) is 0 Å². The first-order valence-electron chi connectivity index (χ1n) is 10.2. The number of carbonyl (C=O) groups excluding carboxylic acids is 1. The molecule has 3 heteroatoms. The number of benzene rings is 3. The molecule has 3 rings (SSSR count). The number of rotatable bonds is 9. The highest BCUT2D eigenvalue weighted by molar-refractivity contribution is 5.77. The van der Waals surface area contributed by atoms with Crippen molar-refractivity contribution in [3.05, 3.63) is 101 Å². The smallest absolute Gasteiger partial charge is 0.257 e. The second kappa shape index (κ2) is 10.5. The molecule has 0 saturated heterocycles. The van der Waals surface area contributed by atoms with E-state index in [9.17, 15) is 4.79 Å². The fourth-order valence-electron chi connectivity index (χ4n) is 3.22. The van der Waals surface area contributed by atoms with Crippen LogP contribution in [0, 0.1) is 0 Å². The molecule has 1 N–H and O–H groups in total. The predicted octanol–water partition coefficient (Wildman–Crippen LogP) is 5.14. The van der Waals surface area contributed by atoms with Crippen LogP contribution in [0.4, 0.5) is 0 Å². The van der Waals surface area contributed by atoms with Crippen LogP contribution in [0.3, 0.4) is 0 Å². The fraction of sp³-hybridized carbons (Fsp3) is 0.269. The summed E-state index contributed by atoms with van der Waals surface area (Å²) in [7, 11) is 0. The van der Waals surface area contributed by atoms with Crippen molar-refractivity contribution in [2.24, 2.45) is 0 Å². The number of hydrogen-bond donors (Lipinski definition) is 1. The number of nitrogens with one attached hydrogen (secondary N) is 1. The summed E-state index contributed by atoms with van der Waals surface area (Å²) in [5.41, 5.74) is 4.86. The molecule has 0 aromatic heterocycles. The van der Waals surface area contributed by atoms with Gasteiger partial charge in [0, 0.05) is 13.0 Å². The van der Waals surface area contributed by atoms with E-state index in [-0.39, 0.29) is 12.5 Å². The molecule has 1 amide bonds. The van der Waals surface area contributed by atoms with Gasteiger partial charge in [0.2, 0.25) is 0 Å². The van der Waals surface area contributed by atoms with Crippen molar-refractivity contribution in [1.82, 2.24) is 5.32 Å². The second-order valence-electron chi connectivity index (χ2n) is 7.56. The average Bonchev–Trinajstić information content (AvgIpc) is 2.74. The van der Waals surface area contributed by atoms with Crippen LogP contribution in [0.1, 0.15) is 42.0 Å². The van der Waals surface area contributed by atoms with Gasteiger partial charge >= 0.3 is 0 Å². The predicted molar refractivity (Wildman–Crippen MR) is 118 cm³/mol. The van der Waals surface area contributed by atoms with E-state index in [0.29, 0.717) is 12.5 Å². The lowest BCUT2D eigenvalue weighted by Crippen LogP contribution is -2.30. The largest absolute Gasteiger partial charge is 0.483 e. The highest BCUT2D eigenvalue weighted by Gasteiger charge is 2.07. The van der Waals surface area contributed by atoms with Crippen LogP contribution >= 0.6 is 0 Å². The van der Waals surface area contributed by atoms with Gasteiger partial charge in [0.15, 0.2) is 6.61 Å². The van der Waals surface area contributed by atoms with Gasteiger partial charge in [-0.15, -0.1) is 0 Å². The van der Waals surface area contributed by atoms with E-state index in [1.54, 1.807) is 0 Å². The third-order valence-corrected chi connectivity index (χ3v) is 4.95. The highest BCUT2D eigenvalue weighted by Crippen LogP contribution is 2.21. The molecule has 0 saturated carbocycles. The van der Waals surface area contributed by atoms with E-state index in [2.05, 4.69) is 55.6 Å². The second-order valence-corrected chi connectivity index (χ2v) is 7.56. The standard InChI is InChI=1S/C26H29NO2/c1-20(2)23-14-12-21(13-15-23)16-17-27-26(28)19-29-25-11-7-6-10-24(25)18-22-8-4-3-5-9-22/h3-15,20H,16-19H2,1-2H3,(H,27,28). The van der Waals surface area contributed by atoms with Crippen molar-refractivity contribution in [1.29, 1.82) is 0 Å². The molecule has 0 heterocycles. The summed E-state index contributed by atoms with van der Waals surface area (Å²) in [6.45, 7) is 5.01. The lowest BCUT2D eigenvalue weighted by molar-refractivity contribution is -0.123. The molecule has 0 unspecified atom stereocenters. The van der Waals surface area contributed by atoms with Crippen molar-refractivity contribution < 1.29 is 9.53 Å². The van der Waals surface area contributed by atoms with Crippen LogP contribution in [0.15, 0.2) is 78.9 Å². The Morgan fingerprint density at radius 3 is 2.28 bits per heavy atom. The first-order chi connectivity index (χ1) is 14.1. The van der Waals surface area contributed by atoms with Gasteiger partial charge in [0.05, 0.1) is 0 Å². The zero-order valence-corrected chi connectivity index (χ0v) is 17.2. The van der Waals surface area contributed by atoms with Gasteiger partial charge < -0.3 is 10.1 Å². The number of para-hydroxylation sites is 1. The molecular formula is C26H29NO2. The molecule has 0 aliphatic rings. The molecule has 0 atom stereocenters.